The third-order valence-corrected chi connectivity index (χ3v) is 4.68. The van der Waals surface area contributed by atoms with E-state index >= 15 is 0 Å². The standard InChI is InChI=1S/C15H21N3O2/c19-18(20)14-6-4-5-13(11-14)17-10-9-16-12-15(17)7-2-1-3-8-15/h4-6,11,16H,1-3,7-10,12H2. The number of nitro benzene ring substituents is 1. The fourth-order valence-electron chi connectivity index (χ4n) is 3.68. The van der Waals surface area contributed by atoms with Crippen LogP contribution in [0.15, 0.2) is 24.3 Å². The summed E-state index contributed by atoms with van der Waals surface area (Å²) >= 11 is 0. The molecule has 0 atom stereocenters. The van der Waals surface area contributed by atoms with Crippen molar-refractivity contribution >= 4 is 11.4 Å². The SMILES string of the molecule is O=[N+]([O-])c1cccc(N2CCNCC23CCCCC3)c1. The highest BCUT2D eigenvalue weighted by Crippen LogP contribution is 2.38. The van der Waals surface area contributed by atoms with Crippen molar-refractivity contribution in [1.29, 1.82) is 0 Å². The zero-order chi connectivity index (χ0) is 14.0. The summed E-state index contributed by atoms with van der Waals surface area (Å²) in [7, 11) is 0. The molecule has 1 aliphatic heterocycles. The van der Waals surface area contributed by atoms with Crippen LogP contribution in [0.5, 0.6) is 0 Å². The van der Waals surface area contributed by atoms with E-state index < -0.39 is 0 Å². The van der Waals surface area contributed by atoms with Crippen LogP contribution in [0.2, 0.25) is 0 Å². The topological polar surface area (TPSA) is 58.4 Å². The van der Waals surface area contributed by atoms with E-state index in [0.717, 1.165) is 25.3 Å². The van der Waals surface area contributed by atoms with Gasteiger partial charge in [0.15, 0.2) is 0 Å². The van der Waals surface area contributed by atoms with Crippen LogP contribution in [-0.4, -0.2) is 30.1 Å². The first-order valence-electron chi connectivity index (χ1n) is 7.44. The molecular weight excluding hydrogens is 254 g/mol. The van der Waals surface area contributed by atoms with Crippen molar-refractivity contribution in [1.82, 2.24) is 5.32 Å². The highest BCUT2D eigenvalue weighted by Gasteiger charge is 2.40. The Bertz CT molecular complexity index is 489. The molecule has 5 heteroatoms. The Morgan fingerprint density at radius 3 is 2.80 bits per heavy atom. The fourth-order valence-corrected chi connectivity index (χ4v) is 3.68. The van der Waals surface area contributed by atoms with Gasteiger partial charge in [0.25, 0.3) is 5.69 Å². The maximum atomic E-state index is 11.0. The van der Waals surface area contributed by atoms with E-state index in [2.05, 4.69) is 10.2 Å². The summed E-state index contributed by atoms with van der Waals surface area (Å²) in [5.41, 5.74) is 1.35. The van der Waals surface area contributed by atoms with Gasteiger partial charge in [-0.3, -0.25) is 10.1 Å². The molecule has 1 aliphatic carbocycles. The molecule has 0 bridgehead atoms. The van der Waals surface area contributed by atoms with Crippen molar-refractivity contribution < 1.29 is 4.92 Å². The van der Waals surface area contributed by atoms with E-state index in [9.17, 15) is 10.1 Å². The number of nitro groups is 1. The van der Waals surface area contributed by atoms with Gasteiger partial charge in [0.1, 0.15) is 0 Å². The minimum Gasteiger partial charge on any atom is -0.363 e. The van der Waals surface area contributed by atoms with Crippen molar-refractivity contribution in [3.8, 4) is 0 Å². The highest BCUT2D eigenvalue weighted by molar-refractivity contribution is 5.55. The smallest absolute Gasteiger partial charge is 0.271 e. The summed E-state index contributed by atoms with van der Waals surface area (Å²) in [6.45, 7) is 2.88. The predicted molar refractivity (Wildman–Crippen MR) is 79.1 cm³/mol. The van der Waals surface area contributed by atoms with Gasteiger partial charge in [-0.2, -0.15) is 0 Å². The Balaban J connectivity index is 1.93. The van der Waals surface area contributed by atoms with E-state index in [1.54, 1.807) is 18.2 Å². The van der Waals surface area contributed by atoms with Crippen LogP contribution >= 0.6 is 0 Å². The van der Waals surface area contributed by atoms with Crippen LogP contribution in [0, 0.1) is 10.1 Å². The third-order valence-electron chi connectivity index (χ3n) is 4.68. The molecule has 1 N–H and O–H groups in total. The van der Waals surface area contributed by atoms with Crippen molar-refractivity contribution in [3.05, 3.63) is 34.4 Å². The van der Waals surface area contributed by atoms with Crippen LogP contribution in [0.4, 0.5) is 11.4 Å². The molecular formula is C15H21N3O2. The van der Waals surface area contributed by atoms with Gasteiger partial charge in [-0.25, -0.2) is 0 Å². The Kier molecular flexibility index (Phi) is 3.61. The first-order valence-corrected chi connectivity index (χ1v) is 7.44. The lowest BCUT2D eigenvalue weighted by Crippen LogP contribution is -2.62. The zero-order valence-electron chi connectivity index (χ0n) is 11.7. The molecule has 1 heterocycles. The van der Waals surface area contributed by atoms with Gasteiger partial charge in [0.2, 0.25) is 0 Å². The Morgan fingerprint density at radius 1 is 1.25 bits per heavy atom. The average molecular weight is 275 g/mol. The van der Waals surface area contributed by atoms with Crippen molar-refractivity contribution in [2.75, 3.05) is 24.5 Å². The maximum absolute atomic E-state index is 11.0. The lowest BCUT2D eigenvalue weighted by atomic mass is 9.78. The molecule has 0 unspecified atom stereocenters. The molecule has 5 nitrogen and oxygen atoms in total. The minimum atomic E-state index is -0.306. The monoisotopic (exact) mass is 275 g/mol. The Labute approximate surface area is 119 Å². The second-order valence-electron chi connectivity index (χ2n) is 5.89. The van der Waals surface area contributed by atoms with Crippen LogP contribution in [0.3, 0.4) is 0 Å². The molecule has 20 heavy (non-hydrogen) atoms. The quantitative estimate of drug-likeness (QED) is 0.666. The lowest BCUT2D eigenvalue weighted by Gasteiger charge is -2.51. The van der Waals surface area contributed by atoms with Crippen LogP contribution in [-0.2, 0) is 0 Å². The molecule has 1 aromatic carbocycles. The van der Waals surface area contributed by atoms with E-state index in [4.69, 9.17) is 0 Å². The number of rotatable bonds is 2. The number of nitrogens with zero attached hydrogens (tertiary/aromatic N) is 2. The molecule has 0 amide bonds. The largest absolute Gasteiger partial charge is 0.363 e. The van der Waals surface area contributed by atoms with Gasteiger partial charge in [0.05, 0.1) is 10.5 Å². The van der Waals surface area contributed by atoms with Crippen LogP contribution in [0.25, 0.3) is 0 Å². The maximum Gasteiger partial charge on any atom is 0.271 e. The molecule has 1 saturated heterocycles. The summed E-state index contributed by atoms with van der Waals surface area (Å²) in [6, 6.07) is 7.10. The van der Waals surface area contributed by atoms with Gasteiger partial charge >= 0.3 is 0 Å². The molecule has 2 fully saturated rings. The normalized spacial score (nSPS) is 21.9. The summed E-state index contributed by atoms with van der Waals surface area (Å²) in [4.78, 5) is 13.1. The van der Waals surface area contributed by atoms with E-state index in [1.807, 2.05) is 6.07 Å². The molecule has 0 aromatic heterocycles. The molecule has 1 aromatic rings. The number of hydrogen-bond acceptors (Lipinski definition) is 4. The molecule has 2 aliphatic rings. The van der Waals surface area contributed by atoms with Crippen molar-refractivity contribution in [3.63, 3.8) is 0 Å². The summed E-state index contributed by atoms with van der Waals surface area (Å²) in [5, 5.41) is 14.5. The third kappa shape index (κ3) is 2.38. The summed E-state index contributed by atoms with van der Waals surface area (Å²) < 4.78 is 0. The molecule has 3 rings (SSSR count). The zero-order valence-corrected chi connectivity index (χ0v) is 11.7. The highest BCUT2D eigenvalue weighted by atomic mass is 16.6. The first-order chi connectivity index (χ1) is 9.71. The van der Waals surface area contributed by atoms with Crippen LogP contribution < -0.4 is 10.2 Å². The summed E-state index contributed by atoms with van der Waals surface area (Å²) in [5.74, 6) is 0. The van der Waals surface area contributed by atoms with Gasteiger partial charge in [-0.05, 0) is 18.9 Å². The number of nitrogens with one attached hydrogen (secondary N) is 1. The number of benzene rings is 1. The number of piperazine rings is 1. The van der Waals surface area contributed by atoms with E-state index in [-0.39, 0.29) is 16.1 Å². The second-order valence-corrected chi connectivity index (χ2v) is 5.89. The Morgan fingerprint density at radius 2 is 2.05 bits per heavy atom. The lowest BCUT2D eigenvalue weighted by molar-refractivity contribution is -0.384. The molecule has 1 spiro atoms. The summed E-state index contributed by atoms with van der Waals surface area (Å²) in [6.07, 6.45) is 6.19. The van der Waals surface area contributed by atoms with Gasteiger partial charge in [-0.15, -0.1) is 0 Å². The van der Waals surface area contributed by atoms with Crippen LogP contribution in [0.1, 0.15) is 32.1 Å². The van der Waals surface area contributed by atoms with E-state index in [1.165, 1.54) is 32.1 Å². The second kappa shape index (κ2) is 5.40. The fraction of sp³-hybridized carbons (Fsp3) is 0.600. The Hall–Kier alpha value is -1.62. The number of anilines is 1. The minimum absolute atomic E-state index is 0.158. The molecule has 1 saturated carbocycles. The first kappa shape index (κ1) is 13.4. The predicted octanol–water partition coefficient (Wildman–Crippen LogP) is 2.71. The van der Waals surface area contributed by atoms with Gasteiger partial charge in [-0.1, -0.05) is 25.3 Å². The molecule has 0 radical (unpaired) electrons. The van der Waals surface area contributed by atoms with Gasteiger partial charge < -0.3 is 10.2 Å². The number of hydrogen-bond donors (Lipinski definition) is 1. The molecule has 108 valence electrons. The van der Waals surface area contributed by atoms with Crippen molar-refractivity contribution in [2.24, 2.45) is 0 Å². The number of non-ortho nitro benzene ring substituents is 1. The van der Waals surface area contributed by atoms with E-state index in [0.29, 0.717) is 0 Å². The van der Waals surface area contributed by atoms with Crippen molar-refractivity contribution in [2.45, 2.75) is 37.6 Å². The average Bonchev–Trinajstić information content (AvgIpc) is 2.49. The van der Waals surface area contributed by atoms with Gasteiger partial charge in [0, 0.05) is 37.5 Å².